The first kappa shape index (κ1) is 30.9. The fourth-order valence-electron chi connectivity index (χ4n) is 6.60. The molecule has 6 heterocycles. The molecule has 0 aliphatic rings. The first-order valence-electron chi connectivity index (χ1n) is 15.9. The summed E-state index contributed by atoms with van der Waals surface area (Å²) in [7, 11) is 0. The van der Waals surface area contributed by atoms with Crippen LogP contribution in [0.3, 0.4) is 0 Å². The highest BCUT2D eigenvalue weighted by Crippen LogP contribution is 2.45. The summed E-state index contributed by atoms with van der Waals surface area (Å²) in [6.07, 6.45) is 6.45. The molecule has 230 valence electrons. The molecule has 0 aliphatic heterocycles. The summed E-state index contributed by atoms with van der Waals surface area (Å²) in [6.45, 7) is 8.21. The van der Waals surface area contributed by atoms with E-state index in [2.05, 4.69) is 125 Å². The standard InChI is InChI=1S/C40H40N6/c1-29-13-9-19-35(43-29)39(27-33-17-5-7-25-41-33,36-20-10-14-30(2)44-36)23-24-40(28-34-18-6-8-26-42-34,37-21-11-15-31(3)45-37)38-22-12-16-32(4)46-38/h5-22,25-26H,23-24,27-28H2,1-4H3. The maximum Gasteiger partial charge on any atom is 0.0603 e. The highest BCUT2D eigenvalue weighted by molar-refractivity contribution is 5.39. The van der Waals surface area contributed by atoms with Gasteiger partial charge >= 0.3 is 0 Å². The molecule has 6 rings (SSSR count). The molecule has 0 atom stereocenters. The number of pyridine rings is 6. The fraction of sp³-hybridized carbons (Fsp3) is 0.250. The van der Waals surface area contributed by atoms with E-state index in [-0.39, 0.29) is 0 Å². The summed E-state index contributed by atoms with van der Waals surface area (Å²) in [4.78, 5) is 30.4. The Morgan fingerprint density at radius 3 is 0.978 bits per heavy atom. The molecule has 6 aromatic rings. The van der Waals surface area contributed by atoms with Gasteiger partial charge in [-0.2, -0.15) is 0 Å². The Labute approximate surface area is 272 Å². The quantitative estimate of drug-likeness (QED) is 0.150. The molecular formula is C40H40N6. The number of aromatic nitrogens is 6. The Bertz CT molecular complexity index is 1670. The van der Waals surface area contributed by atoms with Crippen LogP contribution in [0.5, 0.6) is 0 Å². The summed E-state index contributed by atoms with van der Waals surface area (Å²) >= 11 is 0. The lowest BCUT2D eigenvalue weighted by atomic mass is 9.65. The van der Waals surface area contributed by atoms with Gasteiger partial charge in [0.2, 0.25) is 0 Å². The van der Waals surface area contributed by atoms with Crippen molar-refractivity contribution in [1.82, 2.24) is 29.9 Å². The van der Waals surface area contributed by atoms with Gasteiger partial charge in [-0.1, -0.05) is 36.4 Å². The first-order valence-corrected chi connectivity index (χ1v) is 15.9. The van der Waals surface area contributed by atoms with Gasteiger partial charge in [0.1, 0.15) is 0 Å². The molecule has 0 saturated carbocycles. The third kappa shape index (κ3) is 6.62. The zero-order chi connectivity index (χ0) is 32.0. The van der Waals surface area contributed by atoms with Crippen LogP contribution in [-0.4, -0.2) is 29.9 Å². The van der Waals surface area contributed by atoms with Crippen LogP contribution >= 0.6 is 0 Å². The molecule has 0 radical (unpaired) electrons. The Balaban J connectivity index is 1.60. The van der Waals surface area contributed by atoms with E-state index in [9.17, 15) is 0 Å². The minimum atomic E-state index is -0.588. The Hall–Kier alpha value is -5.10. The summed E-state index contributed by atoms with van der Waals surface area (Å²) in [5.74, 6) is 0. The second-order valence-electron chi connectivity index (χ2n) is 12.3. The molecule has 6 aromatic heterocycles. The number of aryl methyl sites for hydroxylation is 4. The highest BCUT2D eigenvalue weighted by Gasteiger charge is 2.44. The van der Waals surface area contributed by atoms with Crippen molar-refractivity contribution in [3.05, 3.63) is 179 Å². The van der Waals surface area contributed by atoms with Crippen LogP contribution < -0.4 is 0 Å². The average molecular weight is 605 g/mol. The molecule has 0 fully saturated rings. The van der Waals surface area contributed by atoms with Crippen LogP contribution in [0.1, 0.15) is 69.8 Å². The lowest BCUT2D eigenvalue weighted by Gasteiger charge is -2.39. The molecule has 0 aromatic carbocycles. The second-order valence-corrected chi connectivity index (χ2v) is 12.3. The van der Waals surface area contributed by atoms with Gasteiger partial charge in [-0.3, -0.25) is 29.9 Å². The van der Waals surface area contributed by atoms with Crippen molar-refractivity contribution < 1.29 is 0 Å². The normalized spacial score (nSPS) is 11.8. The minimum Gasteiger partial charge on any atom is -0.261 e. The third-order valence-corrected chi connectivity index (χ3v) is 8.91. The molecule has 0 amide bonds. The zero-order valence-electron chi connectivity index (χ0n) is 27.1. The summed E-state index contributed by atoms with van der Waals surface area (Å²) in [5.41, 5.74) is 8.62. The maximum atomic E-state index is 5.19. The van der Waals surface area contributed by atoms with Crippen molar-refractivity contribution in [2.24, 2.45) is 0 Å². The SMILES string of the molecule is Cc1cccc(C(CCC(Cc2ccccn2)(c2cccc(C)n2)c2cccc(C)n2)(Cc2ccccn2)c2cccc(C)n2)n1. The molecule has 0 bridgehead atoms. The summed E-state index contributed by atoms with van der Waals surface area (Å²) in [6, 6.07) is 37.5. The first-order chi connectivity index (χ1) is 22.4. The number of nitrogens with zero attached hydrogens (tertiary/aromatic N) is 6. The van der Waals surface area contributed by atoms with Crippen LogP contribution in [0.15, 0.2) is 122 Å². The minimum absolute atomic E-state index is 0.588. The van der Waals surface area contributed by atoms with Crippen LogP contribution in [0.2, 0.25) is 0 Å². The van der Waals surface area contributed by atoms with Crippen LogP contribution in [0.25, 0.3) is 0 Å². The van der Waals surface area contributed by atoms with Crippen molar-refractivity contribution in [3.63, 3.8) is 0 Å². The van der Waals surface area contributed by atoms with Gasteiger partial charge in [-0.05, 0) is 113 Å². The Morgan fingerprint density at radius 1 is 0.391 bits per heavy atom. The molecular weight excluding hydrogens is 564 g/mol. The largest absolute Gasteiger partial charge is 0.261 e. The van der Waals surface area contributed by atoms with Crippen molar-refractivity contribution in [2.75, 3.05) is 0 Å². The molecule has 0 N–H and O–H groups in total. The predicted octanol–water partition coefficient (Wildman–Crippen LogP) is 7.83. The van der Waals surface area contributed by atoms with Crippen LogP contribution in [0, 0.1) is 27.7 Å². The van der Waals surface area contributed by atoms with Crippen molar-refractivity contribution in [2.45, 2.75) is 64.2 Å². The fourth-order valence-corrected chi connectivity index (χ4v) is 6.60. The lowest BCUT2D eigenvalue weighted by Crippen LogP contribution is -2.39. The van der Waals surface area contributed by atoms with Gasteiger partial charge in [0.25, 0.3) is 0 Å². The number of hydrogen-bond acceptors (Lipinski definition) is 6. The van der Waals surface area contributed by atoms with Crippen molar-refractivity contribution >= 4 is 0 Å². The van der Waals surface area contributed by atoms with E-state index in [1.807, 2.05) is 24.5 Å². The van der Waals surface area contributed by atoms with Crippen molar-refractivity contribution in [1.29, 1.82) is 0 Å². The Morgan fingerprint density at radius 2 is 0.717 bits per heavy atom. The van der Waals surface area contributed by atoms with Crippen LogP contribution in [0.4, 0.5) is 0 Å². The van der Waals surface area contributed by atoms with Gasteiger partial charge in [-0.15, -0.1) is 0 Å². The number of rotatable bonds is 11. The average Bonchev–Trinajstić information content (AvgIpc) is 3.07. The summed E-state index contributed by atoms with van der Waals surface area (Å²) < 4.78 is 0. The van der Waals surface area contributed by atoms with E-state index in [0.29, 0.717) is 25.7 Å². The molecule has 6 nitrogen and oxygen atoms in total. The van der Waals surface area contributed by atoms with E-state index in [1.165, 1.54) is 0 Å². The van der Waals surface area contributed by atoms with Crippen molar-refractivity contribution in [3.8, 4) is 0 Å². The van der Waals surface area contributed by atoms with E-state index >= 15 is 0 Å². The number of hydrogen-bond donors (Lipinski definition) is 0. The van der Waals surface area contributed by atoms with Gasteiger partial charge in [-0.25, -0.2) is 0 Å². The van der Waals surface area contributed by atoms with Gasteiger partial charge in [0, 0.05) is 59.4 Å². The monoisotopic (exact) mass is 604 g/mol. The maximum absolute atomic E-state index is 5.19. The predicted molar refractivity (Wildman–Crippen MR) is 183 cm³/mol. The third-order valence-electron chi connectivity index (χ3n) is 8.91. The highest BCUT2D eigenvalue weighted by atomic mass is 14.8. The second kappa shape index (κ2) is 13.5. The molecule has 0 saturated heterocycles. The summed E-state index contributed by atoms with van der Waals surface area (Å²) in [5, 5.41) is 0. The zero-order valence-corrected chi connectivity index (χ0v) is 27.1. The topological polar surface area (TPSA) is 77.3 Å². The molecule has 46 heavy (non-hydrogen) atoms. The molecule has 0 unspecified atom stereocenters. The van der Waals surface area contributed by atoms with E-state index < -0.39 is 10.8 Å². The van der Waals surface area contributed by atoms with E-state index in [1.54, 1.807) is 0 Å². The molecule has 6 heteroatoms. The van der Waals surface area contributed by atoms with Gasteiger partial charge in [0.05, 0.1) is 33.6 Å². The lowest BCUT2D eigenvalue weighted by molar-refractivity contribution is 0.344. The van der Waals surface area contributed by atoms with Gasteiger partial charge < -0.3 is 0 Å². The van der Waals surface area contributed by atoms with E-state index in [0.717, 1.165) is 56.9 Å². The Kier molecular flexibility index (Phi) is 9.06. The molecule has 0 spiro atoms. The molecule has 0 aliphatic carbocycles. The van der Waals surface area contributed by atoms with Crippen LogP contribution in [-0.2, 0) is 23.7 Å². The van der Waals surface area contributed by atoms with Gasteiger partial charge in [0.15, 0.2) is 0 Å². The van der Waals surface area contributed by atoms with E-state index in [4.69, 9.17) is 29.9 Å². The smallest absolute Gasteiger partial charge is 0.0603 e.